The van der Waals surface area contributed by atoms with Gasteiger partial charge in [-0.1, -0.05) is 34.8 Å². The SMILES string of the molecule is Nc1nc(Cl)cc(N2CCOC(c3cc(F)c(Cl)cc3Cl)C2)n1. The number of morpholine rings is 1. The van der Waals surface area contributed by atoms with E-state index in [0.29, 0.717) is 36.1 Å². The van der Waals surface area contributed by atoms with Gasteiger partial charge in [-0.05, 0) is 12.1 Å². The van der Waals surface area contributed by atoms with Crippen molar-refractivity contribution in [1.29, 1.82) is 0 Å². The lowest BCUT2D eigenvalue weighted by molar-refractivity contribution is 0.0394. The monoisotopic (exact) mass is 376 g/mol. The number of rotatable bonds is 2. The number of ether oxygens (including phenoxy) is 1. The molecular formula is C14H12Cl3FN4O. The number of halogens is 4. The van der Waals surface area contributed by atoms with E-state index in [4.69, 9.17) is 45.3 Å². The smallest absolute Gasteiger partial charge is 0.223 e. The van der Waals surface area contributed by atoms with E-state index in [2.05, 4.69) is 9.97 Å². The number of nitrogen functional groups attached to an aromatic ring is 1. The Balaban J connectivity index is 1.87. The summed E-state index contributed by atoms with van der Waals surface area (Å²) in [6.45, 7) is 1.44. The molecule has 5 nitrogen and oxygen atoms in total. The number of nitrogens with two attached hydrogens (primary N) is 1. The highest BCUT2D eigenvalue weighted by molar-refractivity contribution is 6.35. The minimum atomic E-state index is -0.541. The number of aromatic nitrogens is 2. The van der Waals surface area contributed by atoms with Crippen molar-refractivity contribution in [3.63, 3.8) is 0 Å². The fourth-order valence-electron chi connectivity index (χ4n) is 2.42. The predicted octanol–water partition coefficient (Wildman–Crippen LogP) is 3.74. The molecule has 2 N–H and O–H groups in total. The van der Waals surface area contributed by atoms with Crippen molar-refractivity contribution in [2.24, 2.45) is 0 Å². The summed E-state index contributed by atoms with van der Waals surface area (Å²) in [5, 5.41) is 0.580. The van der Waals surface area contributed by atoms with Crippen LogP contribution in [-0.4, -0.2) is 29.7 Å². The Morgan fingerprint density at radius 1 is 1.17 bits per heavy atom. The molecule has 0 bridgehead atoms. The zero-order chi connectivity index (χ0) is 16.6. The van der Waals surface area contributed by atoms with Gasteiger partial charge in [0.25, 0.3) is 0 Å². The lowest BCUT2D eigenvalue weighted by Crippen LogP contribution is -2.39. The average Bonchev–Trinajstić information content (AvgIpc) is 2.50. The molecule has 1 atom stereocenters. The highest BCUT2D eigenvalue weighted by Gasteiger charge is 2.26. The molecule has 23 heavy (non-hydrogen) atoms. The van der Waals surface area contributed by atoms with Crippen molar-refractivity contribution in [3.05, 3.63) is 44.8 Å². The van der Waals surface area contributed by atoms with Crippen LogP contribution in [0.15, 0.2) is 18.2 Å². The van der Waals surface area contributed by atoms with Gasteiger partial charge in [-0.15, -0.1) is 0 Å². The van der Waals surface area contributed by atoms with Crippen molar-refractivity contribution in [1.82, 2.24) is 9.97 Å². The normalized spacial score (nSPS) is 18.3. The lowest BCUT2D eigenvalue weighted by atomic mass is 10.1. The van der Waals surface area contributed by atoms with Gasteiger partial charge in [0.05, 0.1) is 11.6 Å². The fourth-order valence-corrected chi connectivity index (χ4v) is 3.10. The number of anilines is 2. The average molecular weight is 378 g/mol. The van der Waals surface area contributed by atoms with Crippen LogP contribution in [0.3, 0.4) is 0 Å². The number of hydrogen-bond acceptors (Lipinski definition) is 5. The standard InChI is InChI=1S/C14H12Cl3FN4O/c15-8-4-9(16)10(18)3-7(8)11-6-22(1-2-23-11)13-5-12(17)20-14(19)21-13/h3-5,11H,1-2,6H2,(H2,19,20,21). The molecule has 1 unspecified atom stereocenters. The van der Waals surface area contributed by atoms with Gasteiger partial charge < -0.3 is 15.4 Å². The lowest BCUT2D eigenvalue weighted by Gasteiger charge is -2.34. The van der Waals surface area contributed by atoms with Crippen molar-refractivity contribution in [2.45, 2.75) is 6.10 Å². The molecule has 1 fully saturated rings. The fraction of sp³-hybridized carbons (Fsp3) is 0.286. The van der Waals surface area contributed by atoms with E-state index in [1.165, 1.54) is 12.1 Å². The van der Waals surface area contributed by atoms with E-state index in [1.54, 1.807) is 6.07 Å². The molecule has 0 radical (unpaired) electrons. The third-order valence-corrected chi connectivity index (χ3v) is 4.29. The van der Waals surface area contributed by atoms with Crippen LogP contribution in [0.5, 0.6) is 0 Å². The van der Waals surface area contributed by atoms with Gasteiger partial charge in [0.15, 0.2) is 0 Å². The minimum Gasteiger partial charge on any atom is -0.370 e. The summed E-state index contributed by atoms with van der Waals surface area (Å²) < 4.78 is 19.4. The molecule has 0 aliphatic carbocycles. The highest BCUT2D eigenvalue weighted by Crippen LogP contribution is 2.33. The third kappa shape index (κ3) is 3.61. The van der Waals surface area contributed by atoms with Crippen molar-refractivity contribution >= 4 is 46.6 Å². The summed E-state index contributed by atoms with van der Waals surface area (Å²) in [5.41, 5.74) is 6.16. The maximum absolute atomic E-state index is 13.7. The van der Waals surface area contributed by atoms with Crippen LogP contribution in [0, 0.1) is 5.82 Å². The molecular weight excluding hydrogens is 366 g/mol. The van der Waals surface area contributed by atoms with Gasteiger partial charge in [0, 0.05) is 29.7 Å². The van der Waals surface area contributed by atoms with Gasteiger partial charge in [-0.3, -0.25) is 0 Å². The van der Waals surface area contributed by atoms with E-state index >= 15 is 0 Å². The molecule has 1 aromatic heterocycles. The molecule has 2 heterocycles. The Labute approximate surface area is 147 Å². The second kappa shape index (κ2) is 6.65. The van der Waals surface area contributed by atoms with Crippen LogP contribution in [0.25, 0.3) is 0 Å². The van der Waals surface area contributed by atoms with E-state index in [1.807, 2.05) is 4.90 Å². The van der Waals surface area contributed by atoms with E-state index in [9.17, 15) is 4.39 Å². The van der Waals surface area contributed by atoms with Crippen LogP contribution < -0.4 is 10.6 Å². The summed E-state index contributed by atoms with van der Waals surface area (Å²) in [6, 6.07) is 4.28. The van der Waals surface area contributed by atoms with Crippen molar-refractivity contribution < 1.29 is 9.13 Å². The molecule has 1 aromatic carbocycles. The van der Waals surface area contributed by atoms with Crippen LogP contribution in [0.2, 0.25) is 15.2 Å². The Morgan fingerprint density at radius 2 is 1.96 bits per heavy atom. The van der Waals surface area contributed by atoms with Crippen LogP contribution in [0.4, 0.5) is 16.2 Å². The van der Waals surface area contributed by atoms with Gasteiger partial charge in [-0.2, -0.15) is 4.98 Å². The predicted molar refractivity (Wildman–Crippen MR) is 88.8 cm³/mol. The summed E-state index contributed by atoms with van der Waals surface area (Å²) in [4.78, 5) is 9.93. The van der Waals surface area contributed by atoms with Crippen LogP contribution in [0.1, 0.15) is 11.7 Å². The topological polar surface area (TPSA) is 64.3 Å². The van der Waals surface area contributed by atoms with Gasteiger partial charge in [-0.25, -0.2) is 9.37 Å². The first-order valence-electron chi connectivity index (χ1n) is 6.75. The molecule has 0 saturated carbocycles. The molecule has 1 aliphatic rings. The van der Waals surface area contributed by atoms with Crippen molar-refractivity contribution in [2.75, 3.05) is 30.3 Å². The van der Waals surface area contributed by atoms with Crippen LogP contribution >= 0.6 is 34.8 Å². The van der Waals surface area contributed by atoms with Gasteiger partial charge >= 0.3 is 0 Å². The summed E-state index contributed by atoms with van der Waals surface area (Å²) >= 11 is 17.8. The number of benzene rings is 1. The first-order chi connectivity index (χ1) is 10.9. The summed E-state index contributed by atoms with van der Waals surface area (Å²) in [5.74, 6) is 0.133. The quantitative estimate of drug-likeness (QED) is 0.638. The van der Waals surface area contributed by atoms with Crippen molar-refractivity contribution in [3.8, 4) is 0 Å². The Bertz CT molecular complexity index is 726. The van der Waals surface area contributed by atoms with E-state index in [0.717, 1.165) is 0 Å². The second-order valence-corrected chi connectivity index (χ2v) is 6.20. The minimum absolute atomic E-state index is 0.0261. The van der Waals surface area contributed by atoms with E-state index < -0.39 is 11.9 Å². The van der Waals surface area contributed by atoms with E-state index in [-0.39, 0.29) is 16.1 Å². The first kappa shape index (κ1) is 16.5. The number of nitrogens with zero attached hydrogens (tertiary/aromatic N) is 3. The maximum Gasteiger partial charge on any atom is 0.223 e. The zero-order valence-corrected chi connectivity index (χ0v) is 14.0. The zero-order valence-electron chi connectivity index (χ0n) is 11.8. The molecule has 122 valence electrons. The molecule has 1 saturated heterocycles. The maximum atomic E-state index is 13.7. The number of hydrogen-bond donors (Lipinski definition) is 1. The summed E-state index contributed by atoms with van der Waals surface area (Å²) in [7, 11) is 0. The van der Waals surface area contributed by atoms with Crippen LogP contribution in [-0.2, 0) is 4.74 Å². The molecule has 0 spiro atoms. The molecule has 3 rings (SSSR count). The van der Waals surface area contributed by atoms with Gasteiger partial charge in [0.1, 0.15) is 22.9 Å². The molecule has 0 amide bonds. The second-order valence-electron chi connectivity index (χ2n) is 5.00. The summed E-state index contributed by atoms with van der Waals surface area (Å²) in [6.07, 6.45) is -0.419. The Morgan fingerprint density at radius 3 is 2.70 bits per heavy atom. The highest BCUT2D eigenvalue weighted by atomic mass is 35.5. The first-order valence-corrected chi connectivity index (χ1v) is 7.88. The third-order valence-electron chi connectivity index (χ3n) is 3.48. The Kier molecular flexibility index (Phi) is 4.77. The van der Waals surface area contributed by atoms with Gasteiger partial charge in [0.2, 0.25) is 5.95 Å². The molecule has 1 aliphatic heterocycles. The largest absolute Gasteiger partial charge is 0.370 e. The molecule has 9 heteroatoms. The molecule has 2 aromatic rings. The Hall–Kier alpha value is -1.34.